The van der Waals surface area contributed by atoms with E-state index in [1.54, 1.807) is 18.2 Å². The smallest absolute Gasteiger partial charge is 0.340 e. The molecular formula is C25H22N2O5S. The maximum atomic E-state index is 13.1. The molecule has 2 aliphatic heterocycles. The number of esters is 1. The molecule has 0 atom stereocenters. The number of fused-ring (bicyclic) bond motifs is 6. The highest BCUT2D eigenvalue weighted by Gasteiger charge is 2.53. The fourth-order valence-corrected chi connectivity index (χ4v) is 4.71. The first-order valence-electron chi connectivity index (χ1n) is 10.4. The van der Waals surface area contributed by atoms with Crippen molar-refractivity contribution >= 4 is 29.0 Å². The van der Waals surface area contributed by atoms with Gasteiger partial charge in [0.1, 0.15) is 23.0 Å². The van der Waals surface area contributed by atoms with E-state index < -0.39 is 11.6 Å². The predicted molar refractivity (Wildman–Crippen MR) is 127 cm³/mol. The SMILES string of the molecule is CC(C)(C)NC(=S)Nc1ccc2c(c1)C(=O)OC21c2ccc(O)cc2Oc2cc(O)ccc21. The van der Waals surface area contributed by atoms with Gasteiger partial charge in [-0.2, -0.15) is 0 Å². The van der Waals surface area contributed by atoms with Crippen molar-refractivity contribution in [2.45, 2.75) is 31.9 Å². The number of anilines is 1. The van der Waals surface area contributed by atoms with Gasteiger partial charge in [-0.25, -0.2) is 4.79 Å². The molecular weight excluding hydrogens is 440 g/mol. The van der Waals surface area contributed by atoms with Crippen molar-refractivity contribution in [1.82, 2.24) is 5.32 Å². The molecule has 5 rings (SSSR count). The zero-order valence-corrected chi connectivity index (χ0v) is 19.0. The van der Waals surface area contributed by atoms with E-state index in [4.69, 9.17) is 21.7 Å². The third-order valence-electron chi connectivity index (χ3n) is 5.52. The number of hydrogen-bond donors (Lipinski definition) is 4. The summed E-state index contributed by atoms with van der Waals surface area (Å²) in [6, 6.07) is 14.7. The van der Waals surface area contributed by atoms with Crippen LogP contribution in [0.4, 0.5) is 5.69 Å². The molecule has 0 saturated heterocycles. The molecule has 2 heterocycles. The number of benzene rings is 3. The van der Waals surface area contributed by atoms with Crippen molar-refractivity contribution in [1.29, 1.82) is 0 Å². The number of thiocarbonyl (C=S) groups is 1. The van der Waals surface area contributed by atoms with Gasteiger partial charge in [0.2, 0.25) is 0 Å². The fourth-order valence-electron chi connectivity index (χ4n) is 4.29. The lowest BCUT2D eigenvalue weighted by molar-refractivity contribution is 0.0224. The molecule has 3 aromatic rings. The van der Waals surface area contributed by atoms with Gasteiger partial charge in [0.05, 0.1) is 5.56 Å². The molecule has 8 heteroatoms. The van der Waals surface area contributed by atoms with Gasteiger partial charge in [0.15, 0.2) is 10.7 Å². The van der Waals surface area contributed by atoms with Crippen molar-refractivity contribution < 1.29 is 24.5 Å². The lowest BCUT2D eigenvalue weighted by atomic mass is 9.77. The Hall–Kier alpha value is -3.78. The molecule has 0 unspecified atom stereocenters. The summed E-state index contributed by atoms with van der Waals surface area (Å²) in [6.45, 7) is 6.00. The average Bonchev–Trinajstić information content (AvgIpc) is 2.98. The molecule has 7 nitrogen and oxygen atoms in total. The number of nitrogens with one attached hydrogen (secondary N) is 2. The Bertz CT molecular complexity index is 1280. The van der Waals surface area contributed by atoms with E-state index in [9.17, 15) is 15.0 Å². The molecule has 0 saturated carbocycles. The highest BCUT2D eigenvalue weighted by Crippen LogP contribution is 2.57. The zero-order chi connectivity index (χ0) is 23.5. The van der Waals surface area contributed by atoms with E-state index in [1.165, 1.54) is 24.3 Å². The Balaban J connectivity index is 1.65. The van der Waals surface area contributed by atoms with Gasteiger partial charge in [-0.05, 0) is 69.4 Å². The minimum atomic E-state index is -1.28. The highest BCUT2D eigenvalue weighted by molar-refractivity contribution is 7.80. The number of carbonyl (C=O) groups excluding carboxylic acids is 1. The second-order valence-corrected chi connectivity index (χ2v) is 9.53. The molecule has 0 aliphatic carbocycles. The summed E-state index contributed by atoms with van der Waals surface area (Å²) < 4.78 is 12.0. The van der Waals surface area contributed by atoms with E-state index in [-0.39, 0.29) is 17.0 Å². The van der Waals surface area contributed by atoms with Gasteiger partial charge in [-0.1, -0.05) is 6.07 Å². The van der Waals surface area contributed by atoms with Crippen LogP contribution in [0, 0.1) is 0 Å². The predicted octanol–water partition coefficient (Wildman–Crippen LogP) is 4.75. The summed E-state index contributed by atoms with van der Waals surface area (Å²) in [5.74, 6) is 0.203. The Morgan fingerprint density at radius 3 is 2.06 bits per heavy atom. The van der Waals surface area contributed by atoms with Gasteiger partial charge in [0, 0.05) is 40.0 Å². The maximum Gasteiger partial charge on any atom is 0.340 e. The first-order valence-corrected chi connectivity index (χ1v) is 10.8. The van der Waals surface area contributed by atoms with Crippen LogP contribution < -0.4 is 15.4 Å². The van der Waals surface area contributed by atoms with Crippen molar-refractivity contribution in [3.05, 3.63) is 76.9 Å². The van der Waals surface area contributed by atoms with Crippen LogP contribution in [-0.2, 0) is 10.3 Å². The van der Waals surface area contributed by atoms with Crippen LogP contribution in [0.2, 0.25) is 0 Å². The van der Waals surface area contributed by atoms with Crippen LogP contribution in [0.15, 0.2) is 54.6 Å². The van der Waals surface area contributed by atoms with Gasteiger partial charge in [0.25, 0.3) is 0 Å². The molecule has 0 bridgehead atoms. The topological polar surface area (TPSA) is 100 Å². The van der Waals surface area contributed by atoms with Crippen LogP contribution in [0.1, 0.15) is 47.8 Å². The van der Waals surface area contributed by atoms with Crippen LogP contribution in [-0.4, -0.2) is 26.8 Å². The van der Waals surface area contributed by atoms with E-state index in [0.29, 0.717) is 44.6 Å². The van der Waals surface area contributed by atoms with Crippen molar-refractivity contribution in [2.75, 3.05) is 5.32 Å². The number of hydrogen-bond acceptors (Lipinski definition) is 6. The van der Waals surface area contributed by atoms with Crippen LogP contribution in [0.25, 0.3) is 0 Å². The molecule has 1 spiro atoms. The molecule has 33 heavy (non-hydrogen) atoms. The Kier molecular flexibility index (Phi) is 4.54. The van der Waals surface area contributed by atoms with Crippen LogP contribution in [0.3, 0.4) is 0 Å². The summed E-state index contributed by atoms with van der Waals surface area (Å²) in [5, 5.41) is 26.7. The summed E-state index contributed by atoms with van der Waals surface area (Å²) in [6.07, 6.45) is 0. The zero-order valence-electron chi connectivity index (χ0n) is 18.2. The molecule has 0 radical (unpaired) electrons. The number of rotatable bonds is 1. The van der Waals surface area contributed by atoms with Gasteiger partial charge >= 0.3 is 5.97 Å². The highest BCUT2D eigenvalue weighted by atomic mass is 32.1. The number of carbonyl (C=O) groups is 1. The average molecular weight is 463 g/mol. The molecule has 0 amide bonds. The Morgan fingerprint density at radius 2 is 1.48 bits per heavy atom. The normalized spacial score (nSPS) is 15.1. The minimum absolute atomic E-state index is 0.0106. The van der Waals surface area contributed by atoms with Crippen LogP contribution >= 0.6 is 12.2 Å². The lowest BCUT2D eigenvalue weighted by Crippen LogP contribution is -2.42. The van der Waals surface area contributed by atoms with Gasteiger partial charge < -0.3 is 30.3 Å². The molecule has 0 fully saturated rings. The monoisotopic (exact) mass is 462 g/mol. The number of phenols is 2. The molecule has 0 aromatic heterocycles. The molecule has 3 aromatic carbocycles. The summed E-state index contributed by atoms with van der Waals surface area (Å²) >= 11 is 5.39. The second kappa shape index (κ2) is 7.11. The summed E-state index contributed by atoms with van der Waals surface area (Å²) in [7, 11) is 0. The second-order valence-electron chi connectivity index (χ2n) is 9.12. The third kappa shape index (κ3) is 3.43. The number of phenolic OH excluding ortho intramolecular Hbond substituents is 2. The quantitative estimate of drug-likeness (QED) is 0.304. The number of ether oxygens (including phenoxy) is 2. The largest absolute Gasteiger partial charge is 0.508 e. The first kappa shape index (κ1) is 21.1. The van der Waals surface area contributed by atoms with E-state index in [2.05, 4.69) is 10.6 Å². The van der Waals surface area contributed by atoms with Gasteiger partial charge in [-0.15, -0.1) is 0 Å². The Labute approximate surface area is 196 Å². The maximum absolute atomic E-state index is 13.1. The van der Waals surface area contributed by atoms with E-state index in [1.807, 2.05) is 32.9 Å². The van der Waals surface area contributed by atoms with E-state index >= 15 is 0 Å². The fraction of sp³-hybridized carbons (Fsp3) is 0.200. The van der Waals surface area contributed by atoms with Crippen molar-refractivity contribution in [3.63, 3.8) is 0 Å². The standard InChI is InChI=1S/C25H22N2O5S/c1-24(2,3)27-23(33)26-13-4-7-17-16(10-13)22(30)32-25(17)18-8-5-14(28)11-20(18)31-21-12-15(29)6-9-19(21)25/h4-12,28-29H,1-3H3,(H2,26,27,33). The third-order valence-corrected chi connectivity index (χ3v) is 5.72. The van der Waals surface area contributed by atoms with E-state index in [0.717, 1.165) is 0 Å². The summed E-state index contributed by atoms with van der Waals surface area (Å²) in [5.41, 5.74) is 1.34. The molecule has 168 valence electrons. The first-order chi connectivity index (χ1) is 15.6. The lowest BCUT2D eigenvalue weighted by Gasteiger charge is -2.36. The van der Waals surface area contributed by atoms with Crippen molar-refractivity contribution in [2.24, 2.45) is 0 Å². The minimum Gasteiger partial charge on any atom is -0.508 e. The summed E-state index contributed by atoms with van der Waals surface area (Å²) in [4.78, 5) is 13.1. The molecule has 4 N–H and O–H groups in total. The van der Waals surface area contributed by atoms with Gasteiger partial charge in [-0.3, -0.25) is 0 Å². The van der Waals surface area contributed by atoms with Crippen LogP contribution in [0.5, 0.6) is 23.0 Å². The Morgan fingerprint density at radius 1 is 0.909 bits per heavy atom. The van der Waals surface area contributed by atoms with Crippen molar-refractivity contribution in [3.8, 4) is 23.0 Å². The molecule has 2 aliphatic rings. The number of aromatic hydroxyl groups is 2.